The number of piperidine rings is 1. The monoisotopic (exact) mass is 260 g/mol. The highest BCUT2D eigenvalue weighted by atomic mass is 16.3. The number of benzene rings is 1. The summed E-state index contributed by atoms with van der Waals surface area (Å²) in [6, 6.07) is 6.00. The third-order valence-corrected chi connectivity index (χ3v) is 4.02. The van der Waals surface area contributed by atoms with E-state index in [0.29, 0.717) is 6.54 Å². The Kier molecular flexibility index (Phi) is 3.53. The topological polar surface area (TPSA) is 52.6 Å². The van der Waals surface area contributed by atoms with Crippen LogP contribution in [-0.2, 0) is 13.0 Å². The molecule has 3 rings (SSSR count). The molecule has 0 saturated carbocycles. The maximum absolute atomic E-state index is 12.4. The number of fused-ring (bicyclic) bond motifs is 1. The first-order valence-corrected chi connectivity index (χ1v) is 7.04. The zero-order valence-electron chi connectivity index (χ0n) is 11.1. The van der Waals surface area contributed by atoms with E-state index in [1.807, 2.05) is 12.1 Å². The van der Waals surface area contributed by atoms with Gasteiger partial charge in [0.25, 0.3) is 5.91 Å². The highest BCUT2D eigenvalue weighted by Crippen LogP contribution is 2.19. The van der Waals surface area contributed by atoms with Crippen LogP contribution >= 0.6 is 0 Å². The number of nitrogens with zero attached hydrogens (tertiary/aromatic N) is 1. The van der Waals surface area contributed by atoms with E-state index in [0.717, 1.165) is 44.5 Å². The molecule has 0 bridgehead atoms. The van der Waals surface area contributed by atoms with Crippen LogP contribution in [0.25, 0.3) is 0 Å². The van der Waals surface area contributed by atoms with Crippen LogP contribution in [-0.4, -0.2) is 41.7 Å². The van der Waals surface area contributed by atoms with E-state index in [4.69, 9.17) is 0 Å². The molecule has 0 radical (unpaired) electrons. The Morgan fingerprint density at radius 3 is 3.11 bits per heavy atom. The SMILES string of the molecule is O=C(c1ccc2c(c1)CNCC2)N1CCC[C@H](O)C1. The summed E-state index contributed by atoms with van der Waals surface area (Å²) in [5.74, 6) is 0.0483. The Labute approximate surface area is 113 Å². The van der Waals surface area contributed by atoms with Crippen LogP contribution in [0.4, 0.5) is 0 Å². The molecule has 2 N–H and O–H groups in total. The first-order chi connectivity index (χ1) is 9.24. The van der Waals surface area contributed by atoms with Gasteiger partial charge in [0.15, 0.2) is 0 Å². The fourth-order valence-electron chi connectivity index (χ4n) is 2.94. The normalized spacial score (nSPS) is 23.0. The number of hydrogen-bond donors (Lipinski definition) is 2. The van der Waals surface area contributed by atoms with Crippen molar-refractivity contribution in [2.75, 3.05) is 19.6 Å². The van der Waals surface area contributed by atoms with Crippen molar-refractivity contribution >= 4 is 5.91 Å². The zero-order valence-corrected chi connectivity index (χ0v) is 11.1. The molecule has 1 aromatic rings. The van der Waals surface area contributed by atoms with Gasteiger partial charge in [-0.1, -0.05) is 6.07 Å². The number of aliphatic hydroxyl groups excluding tert-OH is 1. The van der Waals surface area contributed by atoms with E-state index >= 15 is 0 Å². The average Bonchev–Trinajstić information content (AvgIpc) is 2.46. The second-order valence-corrected chi connectivity index (χ2v) is 5.46. The van der Waals surface area contributed by atoms with Crippen molar-refractivity contribution in [1.29, 1.82) is 0 Å². The molecule has 2 heterocycles. The summed E-state index contributed by atoms with van der Waals surface area (Å²) in [4.78, 5) is 14.2. The largest absolute Gasteiger partial charge is 0.391 e. The van der Waals surface area contributed by atoms with E-state index in [9.17, 15) is 9.90 Å². The van der Waals surface area contributed by atoms with Crippen molar-refractivity contribution in [3.8, 4) is 0 Å². The van der Waals surface area contributed by atoms with Crippen LogP contribution in [0.5, 0.6) is 0 Å². The lowest BCUT2D eigenvalue weighted by atomic mass is 9.97. The van der Waals surface area contributed by atoms with Crippen LogP contribution in [0.3, 0.4) is 0 Å². The number of likely N-dealkylation sites (tertiary alicyclic amines) is 1. The molecule has 1 saturated heterocycles. The van der Waals surface area contributed by atoms with Crippen molar-refractivity contribution in [3.05, 3.63) is 34.9 Å². The number of β-amino-alcohol motifs (C(OH)–C–C–N with tert-alkyl or cyclic N) is 1. The smallest absolute Gasteiger partial charge is 0.253 e. The lowest BCUT2D eigenvalue weighted by Crippen LogP contribution is -2.42. The number of nitrogens with one attached hydrogen (secondary N) is 1. The maximum atomic E-state index is 12.4. The molecular weight excluding hydrogens is 240 g/mol. The molecule has 19 heavy (non-hydrogen) atoms. The second kappa shape index (κ2) is 5.31. The van der Waals surface area contributed by atoms with Crippen molar-refractivity contribution in [1.82, 2.24) is 10.2 Å². The molecule has 1 atom stereocenters. The van der Waals surface area contributed by atoms with Gasteiger partial charge in [-0.25, -0.2) is 0 Å². The van der Waals surface area contributed by atoms with E-state index in [2.05, 4.69) is 11.4 Å². The summed E-state index contributed by atoms with van der Waals surface area (Å²) >= 11 is 0. The number of rotatable bonds is 1. The van der Waals surface area contributed by atoms with Gasteiger partial charge < -0.3 is 15.3 Å². The van der Waals surface area contributed by atoms with Crippen molar-refractivity contribution in [2.45, 2.75) is 31.9 Å². The van der Waals surface area contributed by atoms with Gasteiger partial charge in [-0.2, -0.15) is 0 Å². The van der Waals surface area contributed by atoms with E-state index in [1.165, 1.54) is 11.1 Å². The van der Waals surface area contributed by atoms with Gasteiger partial charge in [-0.15, -0.1) is 0 Å². The summed E-state index contributed by atoms with van der Waals surface area (Å²) in [6.45, 7) is 3.08. The predicted octanol–water partition coefficient (Wildman–Crippen LogP) is 0.929. The first kappa shape index (κ1) is 12.6. The fourth-order valence-corrected chi connectivity index (χ4v) is 2.94. The molecule has 0 aliphatic carbocycles. The van der Waals surface area contributed by atoms with Gasteiger partial charge in [0.05, 0.1) is 6.10 Å². The van der Waals surface area contributed by atoms with Crippen LogP contribution < -0.4 is 5.32 Å². The maximum Gasteiger partial charge on any atom is 0.253 e. The molecule has 4 nitrogen and oxygen atoms in total. The first-order valence-electron chi connectivity index (χ1n) is 7.04. The van der Waals surface area contributed by atoms with Crippen LogP contribution in [0.15, 0.2) is 18.2 Å². The Balaban J connectivity index is 1.79. The van der Waals surface area contributed by atoms with Gasteiger partial charge in [-0.3, -0.25) is 4.79 Å². The van der Waals surface area contributed by atoms with E-state index in [1.54, 1.807) is 4.90 Å². The molecule has 2 aliphatic rings. The van der Waals surface area contributed by atoms with Gasteiger partial charge in [-0.05, 0) is 49.1 Å². The minimum Gasteiger partial charge on any atom is -0.391 e. The summed E-state index contributed by atoms with van der Waals surface area (Å²) in [6.07, 6.45) is 2.36. The quantitative estimate of drug-likeness (QED) is 0.790. The summed E-state index contributed by atoms with van der Waals surface area (Å²) in [5, 5.41) is 13.0. The van der Waals surface area contributed by atoms with Crippen molar-refractivity contribution in [3.63, 3.8) is 0 Å². The van der Waals surface area contributed by atoms with E-state index < -0.39 is 0 Å². The number of hydrogen-bond acceptors (Lipinski definition) is 3. The molecule has 0 unspecified atom stereocenters. The molecule has 0 aromatic heterocycles. The molecule has 102 valence electrons. The summed E-state index contributed by atoms with van der Waals surface area (Å²) in [7, 11) is 0. The minimum atomic E-state index is -0.364. The van der Waals surface area contributed by atoms with Crippen LogP contribution in [0.2, 0.25) is 0 Å². The second-order valence-electron chi connectivity index (χ2n) is 5.46. The van der Waals surface area contributed by atoms with Gasteiger partial charge in [0.2, 0.25) is 0 Å². The Morgan fingerprint density at radius 2 is 2.26 bits per heavy atom. The van der Waals surface area contributed by atoms with Crippen LogP contribution in [0.1, 0.15) is 34.3 Å². The van der Waals surface area contributed by atoms with E-state index in [-0.39, 0.29) is 12.0 Å². The lowest BCUT2D eigenvalue weighted by molar-refractivity contribution is 0.0473. The highest BCUT2D eigenvalue weighted by Gasteiger charge is 2.23. The molecule has 0 spiro atoms. The minimum absolute atomic E-state index is 0.0483. The molecule has 1 fully saturated rings. The third kappa shape index (κ3) is 2.65. The summed E-state index contributed by atoms with van der Waals surface area (Å²) in [5.41, 5.74) is 3.32. The number of aliphatic hydroxyl groups is 1. The Morgan fingerprint density at radius 1 is 1.37 bits per heavy atom. The van der Waals surface area contributed by atoms with Gasteiger partial charge in [0, 0.05) is 25.2 Å². The molecule has 2 aliphatic heterocycles. The molecule has 1 amide bonds. The fraction of sp³-hybridized carbons (Fsp3) is 0.533. The number of carbonyl (C=O) groups is 1. The van der Waals surface area contributed by atoms with Gasteiger partial charge in [0.1, 0.15) is 0 Å². The zero-order chi connectivity index (χ0) is 13.2. The molecule has 1 aromatic carbocycles. The lowest BCUT2D eigenvalue weighted by Gasteiger charge is -2.30. The van der Waals surface area contributed by atoms with Gasteiger partial charge >= 0.3 is 0 Å². The van der Waals surface area contributed by atoms with Crippen molar-refractivity contribution < 1.29 is 9.90 Å². The third-order valence-electron chi connectivity index (χ3n) is 4.02. The summed E-state index contributed by atoms with van der Waals surface area (Å²) < 4.78 is 0. The number of carbonyl (C=O) groups excluding carboxylic acids is 1. The predicted molar refractivity (Wildman–Crippen MR) is 73.0 cm³/mol. The number of amides is 1. The van der Waals surface area contributed by atoms with Crippen molar-refractivity contribution in [2.24, 2.45) is 0 Å². The molecular formula is C15H20N2O2. The average molecular weight is 260 g/mol. The van der Waals surface area contributed by atoms with Crippen LogP contribution in [0, 0.1) is 0 Å². The Hall–Kier alpha value is -1.39. The standard InChI is InChI=1S/C15H20N2O2/c18-14-2-1-7-17(10-14)15(19)12-4-3-11-5-6-16-9-13(11)8-12/h3-4,8,14,16,18H,1-2,5-7,9-10H2/t14-/m0/s1. The Bertz CT molecular complexity index is 487. The molecule has 4 heteroatoms. The highest BCUT2D eigenvalue weighted by molar-refractivity contribution is 5.94.